The monoisotopic (exact) mass is 392 g/mol. The number of likely N-dealkylation sites (tertiary alicyclic amines) is 1. The summed E-state index contributed by atoms with van der Waals surface area (Å²) < 4.78 is 8.48. The number of carboxylic acid groups (broad SMARTS) is 1. The summed E-state index contributed by atoms with van der Waals surface area (Å²) in [5, 5.41) is 9.62. The summed E-state index contributed by atoms with van der Waals surface area (Å²) in [5.74, 6) is 1.84. The molecule has 1 amide bonds. The molecule has 1 saturated carbocycles. The molecule has 1 atom stereocenters. The quantitative estimate of drug-likeness (QED) is 0.759. The Morgan fingerprint density at radius 3 is 2.68 bits per heavy atom. The third-order valence-electron chi connectivity index (χ3n) is 6.30. The number of carbonyl (C=O) groups excluding carboxylic acids is 1. The molecule has 0 bridgehead atoms. The predicted molar refractivity (Wildman–Crippen MR) is 104 cm³/mol. The molecule has 4 rings (SSSR count). The standard InChI is InChI=1S/C19H30N4O2.CH2O2/c1-20-17(24)16-14-23-12-9-21-18(23)19(25-16)7-10-22(11-8-19)13-15-5-3-2-4-6-15;2-1-3/h9,12,15-16H,2-8,10-11,13-14H2,1H3,(H,20,24);1H,(H,2,3). The molecule has 1 aromatic heterocycles. The summed E-state index contributed by atoms with van der Waals surface area (Å²) in [7, 11) is 1.68. The summed E-state index contributed by atoms with van der Waals surface area (Å²) in [4.78, 5) is 27.7. The summed E-state index contributed by atoms with van der Waals surface area (Å²) >= 11 is 0. The highest BCUT2D eigenvalue weighted by molar-refractivity contribution is 5.80. The van der Waals surface area contributed by atoms with Crippen molar-refractivity contribution in [2.24, 2.45) is 5.92 Å². The minimum absolute atomic E-state index is 0.0386. The Labute approximate surface area is 166 Å². The molecule has 156 valence electrons. The maximum atomic E-state index is 12.2. The van der Waals surface area contributed by atoms with E-state index in [2.05, 4.69) is 19.8 Å². The lowest BCUT2D eigenvalue weighted by Gasteiger charge is -2.46. The molecule has 2 fully saturated rings. The Balaban J connectivity index is 0.000000706. The molecule has 1 saturated heterocycles. The fourth-order valence-corrected chi connectivity index (χ4v) is 4.87. The smallest absolute Gasteiger partial charge is 0.290 e. The number of rotatable bonds is 3. The minimum atomic E-state index is -0.420. The van der Waals surface area contributed by atoms with Gasteiger partial charge in [0.15, 0.2) is 6.10 Å². The Bertz CT molecular complexity index is 648. The van der Waals surface area contributed by atoms with E-state index in [1.165, 1.54) is 38.6 Å². The highest BCUT2D eigenvalue weighted by Gasteiger charge is 2.47. The molecule has 1 aromatic rings. The number of carbonyl (C=O) groups is 2. The van der Waals surface area contributed by atoms with Gasteiger partial charge in [-0.3, -0.25) is 9.59 Å². The van der Waals surface area contributed by atoms with Crippen molar-refractivity contribution in [2.75, 3.05) is 26.7 Å². The van der Waals surface area contributed by atoms with Gasteiger partial charge in [-0.15, -0.1) is 0 Å². The molecular formula is C20H32N4O4. The maximum Gasteiger partial charge on any atom is 0.290 e. The molecular weight excluding hydrogens is 360 g/mol. The molecule has 8 nitrogen and oxygen atoms in total. The molecule has 28 heavy (non-hydrogen) atoms. The number of aromatic nitrogens is 2. The van der Waals surface area contributed by atoms with Crippen molar-refractivity contribution < 1.29 is 19.4 Å². The van der Waals surface area contributed by atoms with Crippen molar-refractivity contribution in [1.29, 1.82) is 0 Å². The molecule has 1 unspecified atom stereocenters. The molecule has 3 aliphatic rings. The van der Waals surface area contributed by atoms with Crippen molar-refractivity contribution in [2.45, 2.75) is 63.2 Å². The van der Waals surface area contributed by atoms with Crippen molar-refractivity contribution in [3.8, 4) is 0 Å². The lowest BCUT2D eigenvalue weighted by molar-refractivity contribution is -0.173. The van der Waals surface area contributed by atoms with Crippen LogP contribution in [-0.4, -0.2) is 64.7 Å². The van der Waals surface area contributed by atoms with E-state index in [1.54, 1.807) is 7.05 Å². The van der Waals surface area contributed by atoms with Gasteiger partial charge in [-0.2, -0.15) is 0 Å². The van der Waals surface area contributed by atoms with Crippen LogP contribution < -0.4 is 5.32 Å². The van der Waals surface area contributed by atoms with Crippen molar-refractivity contribution >= 4 is 12.4 Å². The second-order valence-corrected chi connectivity index (χ2v) is 8.03. The van der Waals surface area contributed by atoms with Crippen LogP contribution in [0.4, 0.5) is 0 Å². The van der Waals surface area contributed by atoms with Crippen LogP contribution in [0.2, 0.25) is 0 Å². The zero-order valence-corrected chi connectivity index (χ0v) is 16.7. The normalized spacial score (nSPS) is 24.7. The number of hydrogen-bond acceptors (Lipinski definition) is 5. The van der Waals surface area contributed by atoms with Gasteiger partial charge in [-0.05, 0) is 31.6 Å². The first-order chi connectivity index (χ1) is 13.6. The van der Waals surface area contributed by atoms with Crippen LogP contribution in [0.25, 0.3) is 0 Å². The summed E-state index contributed by atoms with van der Waals surface area (Å²) in [5.41, 5.74) is -0.401. The molecule has 1 spiro atoms. The zero-order chi connectivity index (χ0) is 20.0. The molecule has 0 aromatic carbocycles. The Hall–Kier alpha value is -1.93. The van der Waals surface area contributed by atoms with Gasteiger partial charge in [0.1, 0.15) is 11.4 Å². The van der Waals surface area contributed by atoms with E-state index in [9.17, 15) is 4.79 Å². The lowest BCUT2D eigenvalue weighted by atomic mass is 9.85. The van der Waals surface area contributed by atoms with E-state index in [1.807, 2.05) is 12.4 Å². The highest BCUT2D eigenvalue weighted by Crippen LogP contribution is 2.40. The van der Waals surface area contributed by atoms with Crippen LogP contribution in [0.1, 0.15) is 50.8 Å². The van der Waals surface area contributed by atoms with E-state index in [0.29, 0.717) is 6.54 Å². The Kier molecular flexibility index (Phi) is 7.07. The molecule has 3 heterocycles. The number of piperidine rings is 1. The summed E-state index contributed by atoms with van der Waals surface area (Å²) in [6.07, 6.45) is 12.2. The second-order valence-electron chi connectivity index (χ2n) is 8.03. The first-order valence-electron chi connectivity index (χ1n) is 10.3. The summed E-state index contributed by atoms with van der Waals surface area (Å²) in [6.45, 7) is 3.60. The number of ether oxygens (including phenoxy) is 1. The summed E-state index contributed by atoms with van der Waals surface area (Å²) in [6, 6.07) is 0. The number of nitrogens with one attached hydrogen (secondary N) is 1. The van der Waals surface area contributed by atoms with Gasteiger partial charge in [-0.25, -0.2) is 4.98 Å². The van der Waals surface area contributed by atoms with E-state index in [-0.39, 0.29) is 12.4 Å². The van der Waals surface area contributed by atoms with Crippen LogP contribution in [0, 0.1) is 5.92 Å². The van der Waals surface area contributed by atoms with Gasteiger partial charge in [-0.1, -0.05) is 19.3 Å². The topological polar surface area (TPSA) is 96.7 Å². The van der Waals surface area contributed by atoms with Crippen LogP contribution in [-0.2, 0) is 26.5 Å². The number of hydrogen-bond donors (Lipinski definition) is 2. The van der Waals surface area contributed by atoms with E-state index in [4.69, 9.17) is 14.6 Å². The third kappa shape index (κ3) is 4.55. The van der Waals surface area contributed by atoms with Gasteiger partial charge in [0.2, 0.25) is 0 Å². The molecule has 0 radical (unpaired) electrons. The molecule has 2 aliphatic heterocycles. The molecule has 8 heteroatoms. The van der Waals surface area contributed by atoms with Gasteiger partial charge in [0.05, 0.1) is 6.54 Å². The number of nitrogens with zero attached hydrogens (tertiary/aromatic N) is 3. The number of likely N-dealkylation sites (N-methyl/N-ethyl adjacent to an activating group) is 1. The Morgan fingerprint density at radius 1 is 1.36 bits per heavy atom. The second kappa shape index (κ2) is 9.52. The molecule has 1 aliphatic carbocycles. The average molecular weight is 393 g/mol. The highest BCUT2D eigenvalue weighted by atomic mass is 16.5. The number of amides is 1. The fourth-order valence-electron chi connectivity index (χ4n) is 4.87. The first-order valence-corrected chi connectivity index (χ1v) is 10.3. The van der Waals surface area contributed by atoms with Gasteiger partial charge >= 0.3 is 0 Å². The Morgan fingerprint density at radius 2 is 2.04 bits per heavy atom. The molecule has 2 N–H and O–H groups in total. The van der Waals surface area contributed by atoms with E-state index in [0.717, 1.165) is 37.7 Å². The first kappa shape index (κ1) is 20.8. The van der Waals surface area contributed by atoms with Crippen LogP contribution in [0.3, 0.4) is 0 Å². The number of imidazole rings is 1. The number of fused-ring (bicyclic) bond motifs is 2. The van der Waals surface area contributed by atoms with Gasteiger partial charge in [0.25, 0.3) is 12.4 Å². The average Bonchev–Trinajstić information content (AvgIpc) is 3.20. The van der Waals surface area contributed by atoms with Crippen molar-refractivity contribution in [1.82, 2.24) is 19.8 Å². The van der Waals surface area contributed by atoms with Crippen molar-refractivity contribution in [3.05, 3.63) is 18.2 Å². The van der Waals surface area contributed by atoms with Gasteiger partial charge in [0, 0.05) is 39.1 Å². The van der Waals surface area contributed by atoms with Crippen LogP contribution in [0.5, 0.6) is 0 Å². The van der Waals surface area contributed by atoms with Crippen LogP contribution >= 0.6 is 0 Å². The fraction of sp³-hybridized carbons (Fsp3) is 0.750. The largest absolute Gasteiger partial charge is 0.483 e. The van der Waals surface area contributed by atoms with Crippen LogP contribution in [0.15, 0.2) is 12.4 Å². The third-order valence-corrected chi connectivity index (χ3v) is 6.30. The van der Waals surface area contributed by atoms with Gasteiger partial charge < -0.3 is 24.6 Å². The predicted octanol–water partition coefficient (Wildman–Crippen LogP) is 1.60. The zero-order valence-electron chi connectivity index (χ0n) is 16.7. The minimum Gasteiger partial charge on any atom is -0.483 e. The lowest BCUT2D eigenvalue weighted by Crippen LogP contribution is -2.54. The SMILES string of the molecule is CNC(=O)C1Cn2ccnc2C2(CCN(CC3CCCCC3)CC2)O1.O=CO. The van der Waals surface area contributed by atoms with E-state index >= 15 is 0 Å². The van der Waals surface area contributed by atoms with Crippen molar-refractivity contribution in [3.63, 3.8) is 0 Å². The van der Waals surface area contributed by atoms with E-state index < -0.39 is 11.7 Å². The maximum absolute atomic E-state index is 12.2.